The second-order valence-corrected chi connectivity index (χ2v) is 5.51. The first-order valence-electron chi connectivity index (χ1n) is 7.14. The smallest absolute Gasteiger partial charge is 0.357 e. The molecule has 0 radical (unpaired) electrons. The molecule has 0 saturated carbocycles. The van der Waals surface area contributed by atoms with Gasteiger partial charge in [0.2, 0.25) is 0 Å². The first-order chi connectivity index (χ1) is 11.5. The summed E-state index contributed by atoms with van der Waals surface area (Å²) in [7, 11) is 4.62. The highest BCUT2D eigenvalue weighted by molar-refractivity contribution is 7.14. The van der Waals surface area contributed by atoms with E-state index >= 15 is 0 Å². The van der Waals surface area contributed by atoms with Crippen molar-refractivity contribution >= 4 is 28.3 Å². The minimum absolute atomic E-state index is 0.184. The normalized spacial score (nSPS) is 10.2. The van der Waals surface area contributed by atoms with E-state index in [4.69, 9.17) is 14.2 Å². The Bertz CT molecular complexity index is 744. The molecule has 7 nitrogen and oxygen atoms in total. The van der Waals surface area contributed by atoms with Crippen LogP contribution in [-0.2, 0) is 4.74 Å². The molecule has 2 rings (SSSR count). The monoisotopic (exact) mass is 350 g/mol. The van der Waals surface area contributed by atoms with E-state index < -0.39 is 5.97 Å². The van der Waals surface area contributed by atoms with Crippen LogP contribution in [0.5, 0.6) is 11.5 Å². The molecule has 0 bridgehead atoms. The number of anilines is 1. The molecule has 1 heterocycles. The van der Waals surface area contributed by atoms with Gasteiger partial charge in [0.05, 0.1) is 20.8 Å². The highest BCUT2D eigenvalue weighted by atomic mass is 32.1. The molecule has 1 aromatic heterocycles. The number of hydrogen-bond acceptors (Lipinski definition) is 7. The second kappa shape index (κ2) is 7.78. The van der Waals surface area contributed by atoms with E-state index in [2.05, 4.69) is 4.98 Å². The lowest BCUT2D eigenvalue weighted by atomic mass is 10.2. The third kappa shape index (κ3) is 3.65. The number of benzene rings is 1. The zero-order valence-corrected chi connectivity index (χ0v) is 14.7. The zero-order valence-electron chi connectivity index (χ0n) is 13.9. The van der Waals surface area contributed by atoms with Gasteiger partial charge in [-0.3, -0.25) is 9.69 Å². The van der Waals surface area contributed by atoms with Gasteiger partial charge in [-0.15, -0.1) is 11.3 Å². The number of carbonyl (C=O) groups excluding carboxylic acids is 2. The standard InChI is InChI=1S/C16H18N2O5S/c1-5-23-15(20)11-9-24-16(17-11)18(2)14(19)10-6-7-12(21-3)13(8-10)22-4/h6-9H,5H2,1-4H3. The van der Waals surface area contributed by atoms with Gasteiger partial charge in [-0.05, 0) is 25.1 Å². The van der Waals surface area contributed by atoms with Crippen molar-refractivity contribution in [2.45, 2.75) is 6.92 Å². The molecule has 8 heteroatoms. The van der Waals surface area contributed by atoms with Crippen LogP contribution in [0.15, 0.2) is 23.6 Å². The molecule has 128 valence electrons. The lowest BCUT2D eigenvalue weighted by Gasteiger charge is -2.15. The van der Waals surface area contributed by atoms with Gasteiger partial charge in [0.1, 0.15) is 0 Å². The van der Waals surface area contributed by atoms with E-state index in [1.165, 1.54) is 30.5 Å². The van der Waals surface area contributed by atoms with Gasteiger partial charge in [0.15, 0.2) is 22.3 Å². The highest BCUT2D eigenvalue weighted by Gasteiger charge is 2.20. The Morgan fingerprint density at radius 3 is 2.54 bits per heavy atom. The number of rotatable bonds is 6. The van der Waals surface area contributed by atoms with Gasteiger partial charge >= 0.3 is 5.97 Å². The van der Waals surface area contributed by atoms with E-state index in [9.17, 15) is 9.59 Å². The maximum atomic E-state index is 12.6. The molecule has 1 amide bonds. The Labute approximate surface area is 143 Å². The fraction of sp³-hybridized carbons (Fsp3) is 0.312. The van der Waals surface area contributed by atoms with Crippen molar-refractivity contribution in [3.05, 3.63) is 34.8 Å². The fourth-order valence-electron chi connectivity index (χ4n) is 1.97. The van der Waals surface area contributed by atoms with E-state index in [-0.39, 0.29) is 18.2 Å². The SMILES string of the molecule is CCOC(=O)c1csc(N(C)C(=O)c2ccc(OC)c(OC)c2)n1. The van der Waals surface area contributed by atoms with Gasteiger partial charge in [-0.25, -0.2) is 9.78 Å². The topological polar surface area (TPSA) is 78.0 Å². The van der Waals surface area contributed by atoms with Crippen molar-refractivity contribution in [1.29, 1.82) is 0 Å². The molecule has 0 unspecified atom stereocenters. The summed E-state index contributed by atoms with van der Waals surface area (Å²) in [6.07, 6.45) is 0. The first kappa shape index (κ1) is 17.7. The van der Waals surface area contributed by atoms with Crippen LogP contribution >= 0.6 is 11.3 Å². The summed E-state index contributed by atoms with van der Waals surface area (Å²) in [6, 6.07) is 4.89. The number of esters is 1. The van der Waals surface area contributed by atoms with Crippen LogP contribution in [0, 0.1) is 0 Å². The van der Waals surface area contributed by atoms with Gasteiger partial charge in [-0.2, -0.15) is 0 Å². The second-order valence-electron chi connectivity index (χ2n) is 4.67. The van der Waals surface area contributed by atoms with Crippen molar-refractivity contribution in [3.63, 3.8) is 0 Å². The molecule has 0 fully saturated rings. The first-order valence-corrected chi connectivity index (χ1v) is 8.02. The number of aromatic nitrogens is 1. The zero-order chi connectivity index (χ0) is 17.7. The molecule has 2 aromatic rings. The van der Waals surface area contributed by atoms with E-state index in [0.717, 1.165) is 0 Å². The van der Waals surface area contributed by atoms with Gasteiger partial charge < -0.3 is 14.2 Å². The van der Waals surface area contributed by atoms with Crippen LogP contribution < -0.4 is 14.4 Å². The van der Waals surface area contributed by atoms with Crippen molar-refractivity contribution in [1.82, 2.24) is 4.98 Å². The number of nitrogens with zero attached hydrogens (tertiary/aromatic N) is 2. The molecule has 24 heavy (non-hydrogen) atoms. The van der Waals surface area contributed by atoms with Crippen molar-refractivity contribution < 1.29 is 23.8 Å². The van der Waals surface area contributed by atoms with Crippen molar-refractivity contribution in [2.75, 3.05) is 32.8 Å². The Hall–Kier alpha value is -2.61. The van der Waals surface area contributed by atoms with Crippen LogP contribution in [-0.4, -0.2) is 44.7 Å². The minimum atomic E-state index is -0.507. The largest absolute Gasteiger partial charge is 0.493 e. The molecular weight excluding hydrogens is 332 g/mol. The lowest BCUT2D eigenvalue weighted by Crippen LogP contribution is -2.26. The summed E-state index contributed by atoms with van der Waals surface area (Å²) in [5.74, 6) is 0.214. The van der Waals surface area contributed by atoms with Gasteiger partial charge in [-0.1, -0.05) is 0 Å². The summed E-state index contributed by atoms with van der Waals surface area (Å²) in [4.78, 5) is 29.8. The molecule has 0 spiro atoms. The molecule has 0 saturated heterocycles. The highest BCUT2D eigenvalue weighted by Crippen LogP contribution is 2.29. The maximum Gasteiger partial charge on any atom is 0.357 e. The molecule has 0 aliphatic carbocycles. The summed E-state index contributed by atoms with van der Waals surface area (Å²) in [5.41, 5.74) is 0.604. The van der Waals surface area contributed by atoms with Crippen molar-refractivity contribution in [3.8, 4) is 11.5 Å². The molecule has 1 aromatic carbocycles. The number of hydrogen-bond donors (Lipinski definition) is 0. The number of thiazole rings is 1. The molecule has 0 aliphatic rings. The van der Waals surface area contributed by atoms with Crippen molar-refractivity contribution in [2.24, 2.45) is 0 Å². The summed E-state index contributed by atoms with van der Waals surface area (Å²) in [6.45, 7) is 1.99. The molecule has 0 atom stereocenters. The lowest BCUT2D eigenvalue weighted by molar-refractivity contribution is 0.0520. The third-order valence-corrected chi connectivity index (χ3v) is 4.12. The van der Waals surface area contributed by atoms with E-state index in [1.807, 2.05) is 0 Å². The number of amides is 1. The maximum absolute atomic E-state index is 12.6. The Morgan fingerprint density at radius 1 is 1.21 bits per heavy atom. The molecular formula is C16H18N2O5S. The summed E-state index contributed by atoms with van der Waals surface area (Å²) >= 11 is 1.19. The Balaban J connectivity index is 2.22. The van der Waals surface area contributed by atoms with Crippen LogP contribution in [0.3, 0.4) is 0 Å². The summed E-state index contributed by atoms with van der Waals surface area (Å²) in [5, 5.41) is 1.96. The number of ether oxygens (including phenoxy) is 3. The van der Waals surface area contributed by atoms with E-state index in [1.54, 1.807) is 37.6 Å². The summed E-state index contributed by atoms with van der Waals surface area (Å²) < 4.78 is 15.3. The third-order valence-electron chi connectivity index (χ3n) is 3.20. The quantitative estimate of drug-likeness (QED) is 0.745. The van der Waals surface area contributed by atoms with Crippen LogP contribution in [0.25, 0.3) is 0 Å². The predicted octanol–water partition coefficient (Wildman–Crippen LogP) is 2.61. The number of methoxy groups -OCH3 is 2. The van der Waals surface area contributed by atoms with Gasteiger partial charge in [0, 0.05) is 18.0 Å². The van der Waals surface area contributed by atoms with Crippen LogP contribution in [0.2, 0.25) is 0 Å². The molecule has 0 aliphatic heterocycles. The average molecular weight is 350 g/mol. The number of carbonyl (C=O) groups is 2. The van der Waals surface area contributed by atoms with E-state index in [0.29, 0.717) is 22.2 Å². The van der Waals surface area contributed by atoms with Crippen LogP contribution in [0.4, 0.5) is 5.13 Å². The molecule has 0 N–H and O–H groups in total. The Kier molecular flexibility index (Phi) is 5.75. The predicted molar refractivity (Wildman–Crippen MR) is 90.4 cm³/mol. The fourth-order valence-corrected chi connectivity index (χ4v) is 2.72. The van der Waals surface area contributed by atoms with Gasteiger partial charge in [0.25, 0.3) is 5.91 Å². The average Bonchev–Trinajstić information content (AvgIpc) is 3.10. The Morgan fingerprint density at radius 2 is 1.92 bits per heavy atom. The van der Waals surface area contributed by atoms with Crippen LogP contribution in [0.1, 0.15) is 27.8 Å². The minimum Gasteiger partial charge on any atom is -0.493 e.